The molecule has 0 amide bonds. The molecule has 0 saturated heterocycles. The van der Waals surface area contributed by atoms with Crippen LogP contribution in [0.5, 0.6) is 0 Å². The zero-order valence-electron chi connectivity index (χ0n) is 6.00. The monoisotopic (exact) mass is 443 g/mol. The Bertz CT molecular complexity index is 298. The lowest BCUT2D eigenvalue weighted by Gasteiger charge is -2.19. The summed E-state index contributed by atoms with van der Waals surface area (Å²) < 4.78 is 0.801. The van der Waals surface area contributed by atoms with Crippen molar-refractivity contribution in [3.63, 3.8) is 0 Å². The van der Waals surface area contributed by atoms with E-state index in [1.165, 1.54) is 0 Å². The Hall–Kier alpha value is 2.23. The molecule has 0 radical (unpaired) electrons. The van der Waals surface area contributed by atoms with Crippen LogP contribution in [-0.2, 0) is 0 Å². The van der Waals surface area contributed by atoms with Crippen LogP contribution in [0.2, 0.25) is 0 Å². The number of rotatable bonds is 1. The van der Waals surface area contributed by atoms with E-state index in [1.54, 1.807) is 0 Å². The number of hydrogen-bond acceptors (Lipinski definition) is 2. The number of alkyl halides is 4. The molecule has 0 spiro atoms. The highest BCUT2D eigenvalue weighted by Gasteiger charge is 2.57. The van der Waals surface area contributed by atoms with Crippen LogP contribution in [0.4, 0.5) is 0 Å². The molecule has 1 aliphatic carbocycles. The summed E-state index contributed by atoms with van der Waals surface area (Å²) in [6, 6.07) is 0. The zero-order valence-corrected chi connectivity index (χ0v) is 13.5. The molecule has 0 saturated carbocycles. The number of hydrogen-bond donors (Lipinski definition) is 0. The van der Waals surface area contributed by atoms with Gasteiger partial charge in [-0.2, -0.15) is 0 Å². The molecule has 9 heteroatoms. The average molecular weight is 446 g/mol. The maximum atomic E-state index is 5.92. The fourth-order valence-corrected chi connectivity index (χ4v) is 3.93. The van der Waals surface area contributed by atoms with Gasteiger partial charge in [-0.1, -0.05) is 69.6 Å². The Morgan fingerprint density at radius 3 is 1.64 bits per heavy atom. The second-order valence-corrected chi connectivity index (χ2v) is 7.20. The van der Waals surface area contributed by atoms with Gasteiger partial charge in [0.05, 0.1) is 10.1 Å². The molecule has 0 bridgehead atoms. The molecule has 0 heterocycles. The first-order chi connectivity index (χ1) is 6.26. The van der Waals surface area contributed by atoms with Crippen molar-refractivity contribution < 1.29 is 0 Å². The lowest BCUT2D eigenvalue weighted by molar-refractivity contribution is 1.30. The van der Waals surface area contributed by atoms with Gasteiger partial charge in [-0.25, -0.2) is 4.40 Å². The van der Waals surface area contributed by atoms with Crippen LogP contribution in [0.3, 0.4) is 0 Å². The summed E-state index contributed by atoms with van der Waals surface area (Å²) >= 11 is 37.2. The van der Waals surface area contributed by atoms with Crippen molar-refractivity contribution in [1.29, 1.82) is 0 Å². The van der Waals surface area contributed by atoms with Crippen LogP contribution in [-0.4, -0.2) is 14.4 Å². The van der Waals surface area contributed by atoms with Gasteiger partial charge in [-0.15, -0.1) is 0 Å². The van der Waals surface area contributed by atoms with Crippen molar-refractivity contribution in [3.8, 4) is 0 Å². The maximum absolute atomic E-state index is 5.92. The van der Waals surface area contributed by atoms with E-state index in [1.807, 2.05) is 21.2 Å². The molecule has 1 rings (SSSR count). The summed E-state index contributed by atoms with van der Waals surface area (Å²) in [7, 11) is 1.08. The maximum Gasteiger partial charge on any atom is 0.196 e. The summed E-state index contributed by atoms with van der Waals surface area (Å²) in [5.74, 6) is 0. The van der Waals surface area contributed by atoms with Crippen molar-refractivity contribution in [1.82, 2.24) is 0 Å². The van der Waals surface area contributed by atoms with Crippen molar-refractivity contribution in [2.24, 2.45) is 4.40 Å². The smallest absolute Gasteiger partial charge is 0.196 e. The first kappa shape index (κ1) is 14.3. The summed E-state index contributed by atoms with van der Waals surface area (Å²) in [5.41, 5.74) is 0.103. The first-order valence-corrected chi connectivity index (χ1v) is 8.53. The second kappa shape index (κ2) is 4.84. The van der Waals surface area contributed by atoms with Crippen LogP contribution in [0.15, 0.2) is 14.5 Å². The van der Waals surface area contributed by atoms with Crippen LogP contribution >= 0.6 is 99.9 Å². The van der Waals surface area contributed by atoms with E-state index in [2.05, 4.69) is 4.40 Å². The van der Waals surface area contributed by atoms with Gasteiger partial charge in [0.25, 0.3) is 0 Å². The molecule has 0 fully saturated rings. The minimum absolute atomic E-state index is 0.0169. The SMILES string of the molecule is ClC1=C(Cl)C(Cl)(Cl)C(=NSI)C1(Cl)Cl. The molecular weight excluding hydrogens is 446 g/mol. The molecular formula is C5Cl6INS. The number of halogens is 7. The highest BCUT2D eigenvalue weighted by Crippen LogP contribution is 2.55. The van der Waals surface area contributed by atoms with E-state index < -0.39 is 8.67 Å². The number of nitrogens with zero attached hydrogens (tertiary/aromatic N) is 1. The molecule has 1 aliphatic rings. The minimum Gasteiger partial charge on any atom is -0.207 e. The fourth-order valence-electron chi connectivity index (χ4n) is 0.830. The summed E-state index contributed by atoms with van der Waals surface area (Å²) in [5, 5.41) is -0.0339. The third kappa shape index (κ3) is 2.26. The summed E-state index contributed by atoms with van der Waals surface area (Å²) in [4.78, 5) is 0. The molecule has 0 atom stereocenters. The lowest BCUT2D eigenvalue weighted by Crippen LogP contribution is -2.32. The standard InChI is InChI=1S/C5Cl6INS/c6-1-2(7)5(10,11)3(13-14-12)4(1,8)9. The van der Waals surface area contributed by atoms with Gasteiger partial charge < -0.3 is 0 Å². The third-order valence-corrected chi connectivity index (χ3v) is 5.21. The Balaban J connectivity index is 3.32. The topological polar surface area (TPSA) is 12.4 Å². The average Bonchev–Trinajstić information content (AvgIpc) is 2.19. The van der Waals surface area contributed by atoms with Gasteiger partial charge in [0.15, 0.2) is 8.67 Å². The van der Waals surface area contributed by atoms with Crippen LogP contribution in [0.25, 0.3) is 0 Å². The molecule has 0 aromatic carbocycles. The molecule has 0 aliphatic heterocycles. The molecule has 0 aromatic heterocycles. The molecule has 0 aromatic rings. The highest BCUT2D eigenvalue weighted by molar-refractivity contribution is 14.2. The molecule has 1 nitrogen and oxygen atoms in total. The fraction of sp³-hybridized carbons (Fsp3) is 0.400. The van der Waals surface area contributed by atoms with E-state index in [9.17, 15) is 0 Å². The van der Waals surface area contributed by atoms with Gasteiger partial charge >= 0.3 is 0 Å². The van der Waals surface area contributed by atoms with Gasteiger partial charge in [0.2, 0.25) is 0 Å². The minimum atomic E-state index is -1.56. The molecule has 80 valence electrons. The molecule has 0 N–H and O–H groups in total. The Morgan fingerprint density at radius 1 is 1.00 bits per heavy atom. The normalized spacial score (nSPS) is 24.4. The van der Waals surface area contributed by atoms with E-state index in [-0.39, 0.29) is 15.8 Å². The molecule has 0 unspecified atom stereocenters. The summed E-state index contributed by atoms with van der Waals surface area (Å²) in [6.45, 7) is 0. The third-order valence-electron chi connectivity index (χ3n) is 1.46. The van der Waals surface area contributed by atoms with Crippen LogP contribution in [0.1, 0.15) is 0 Å². The van der Waals surface area contributed by atoms with Crippen LogP contribution < -0.4 is 0 Å². The summed E-state index contributed by atoms with van der Waals surface area (Å²) in [6.07, 6.45) is 0. The second-order valence-electron chi connectivity index (χ2n) is 2.29. The van der Waals surface area contributed by atoms with Gasteiger partial charge in [0, 0.05) is 30.3 Å². The zero-order chi connectivity index (χ0) is 11.1. The number of allylic oxidation sites excluding steroid dienone is 2. The van der Waals surface area contributed by atoms with Gasteiger partial charge in [0.1, 0.15) is 5.71 Å². The van der Waals surface area contributed by atoms with Crippen molar-refractivity contribution in [2.45, 2.75) is 8.67 Å². The van der Waals surface area contributed by atoms with Crippen molar-refractivity contribution in [2.75, 3.05) is 0 Å². The van der Waals surface area contributed by atoms with E-state index in [0.29, 0.717) is 0 Å². The van der Waals surface area contributed by atoms with Crippen LogP contribution in [0, 0.1) is 0 Å². The Labute approximate surface area is 127 Å². The van der Waals surface area contributed by atoms with Crippen molar-refractivity contribution >= 4 is 106 Å². The predicted molar refractivity (Wildman–Crippen MR) is 76.7 cm³/mol. The highest BCUT2D eigenvalue weighted by atomic mass is 127. The van der Waals surface area contributed by atoms with E-state index in [0.717, 1.165) is 9.12 Å². The quantitative estimate of drug-likeness (QED) is 0.296. The lowest BCUT2D eigenvalue weighted by atomic mass is 10.3. The van der Waals surface area contributed by atoms with E-state index in [4.69, 9.17) is 69.6 Å². The molecule has 14 heavy (non-hydrogen) atoms. The largest absolute Gasteiger partial charge is 0.207 e. The Kier molecular flexibility index (Phi) is 4.95. The van der Waals surface area contributed by atoms with Gasteiger partial charge in [-0.05, 0) is 0 Å². The van der Waals surface area contributed by atoms with E-state index >= 15 is 0 Å². The van der Waals surface area contributed by atoms with Crippen molar-refractivity contribution in [3.05, 3.63) is 10.1 Å². The van der Waals surface area contributed by atoms with Gasteiger partial charge in [-0.3, -0.25) is 0 Å². The predicted octanol–water partition coefficient (Wildman–Crippen LogP) is 5.48. The Morgan fingerprint density at radius 2 is 1.36 bits per heavy atom. The first-order valence-electron chi connectivity index (χ1n) is 2.94.